The molecule has 1 atom stereocenters. The largest absolute Gasteiger partial charge is 0.462 e. The third-order valence-corrected chi connectivity index (χ3v) is 7.34. The number of nitrogens with zero attached hydrogens (tertiary/aromatic N) is 2. The van der Waals surface area contributed by atoms with Gasteiger partial charge in [-0.05, 0) is 54.4 Å². The molecule has 0 radical (unpaired) electrons. The lowest BCUT2D eigenvalue weighted by molar-refractivity contribution is -0.115. The van der Waals surface area contributed by atoms with Gasteiger partial charge in [-0.25, -0.2) is 4.79 Å². The van der Waals surface area contributed by atoms with Crippen molar-refractivity contribution in [1.29, 1.82) is 0 Å². The van der Waals surface area contributed by atoms with Crippen molar-refractivity contribution in [2.24, 2.45) is 4.99 Å². The maximum absolute atomic E-state index is 13.2. The standard InChI is InChI=1S/C29H27N3O4S/c1-2-36-29(35)21-10-13-23-24(18-21)31-27(33)25(23)26(19-6-4-3-5-7-19)30-22-11-8-20(9-12-22)28(34)32-14-16-37-17-15-32/h3-13,18,25H,2,14-17H2,1H3,(H,31,33). The number of carbonyl (C=O) groups is 3. The summed E-state index contributed by atoms with van der Waals surface area (Å²) in [5.41, 5.74) is 4.38. The van der Waals surface area contributed by atoms with Gasteiger partial charge in [0.2, 0.25) is 5.91 Å². The van der Waals surface area contributed by atoms with E-state index in [9.17, 15) is 14.4 Å². The van der Waals surface area contributed by atoms with E-state index < -0.39 is 11.9 Å². The second-order valence-corrected chi connectivity index (χ2v) is 9.98. The normalized spacial score (nSPS) is 17.2. The van der Waals surface area contributed by atoms with E-state index in [0.29, 0.717) is 28.2 Å². The van der Waals surface area contributed by atoms with Gasteiger partial charge in [0.1, 0.15) is 5.92 Å². The van der Waals surface area contributed by atoms with E-state index in [1.165, 1.54) is 0 Å². The summed E-state index contributed by atoms with van der Waals surface area (Å²) < 4.78 is 5.10. The summed E-state index contributed by atoms with van der Waals surface area (Å²) in [6, 6.07) is 21.9. The molecule has 8 heteroatoms. The van der Waals surface area contributed by atoms with E-state index in [0.717, 1.165) is 35.7 Å². The molecule has 7 nitrogen and oxygen atoms in total. The Morgan fingerprint density at radius 3 is 2.38 bits per heavy atom. The Kier molecular flexibility index (Phi) is 7.37. The zero-order valence-corrected chi connectivity index (χ0v) is 21.3. The third-order valence-electron chi connectivity index (χ3n) is 6.40. The number of nitrogens with one attached hydrogen (secondary N) is 1. The first-order chi connectivity index (χ1) is 18.0. The summed E-state index contributed by atoms with van der Waals surface area (Å²) in [6.45, 7) is 3.55. The lowest BCUT2D eigenvalue weighted by Crippen LogP contribution is -2.37. The van der Waals surface area contributed by atoms with Crippen molar-refractivity contribution in [3.8, 4) is 0 Å². The maximum Gasteiger partial charge on any atom is 0.338 e. The lowest BCUT2D eigenvalue weighted by atomic mass is 9.90. The number of benzene rings is 3. The lowest BCUT2D eigenvalue weighted by Gasteiger charge is -2.26. The molecule has 0 aromatic heterocycles. The number of hydrogen-bond donors (Lipinski definition) is 1. The molecule has 3 aromatic rings. The van der Waals surface area contributed by atoms with Crippen molar-refractivity contribution >= 4 is 46.6 Å². The second kappa shape index (κ2) is 11.0. The summed E-state index contributed by atoms with van der Waals surface area (Å²) in [5.74, 6) is 0.648. The number of ether oxygens (including phenoxy) is 1. The summed E-state index contributed by atoms with van der Waals surface area (Å²) in [6.07, 6.45) is 0. The van der Waals surface area contributed by atoms with Crippen molar-refractivity contribution in [2.75, 3.05) is 36.5 Å². The van der Waals surface area contributed by atoms with Gasteiger partial charge >= 0.3 is 5.97 Å². The minimum atomic E-state index is -0.652. The first kappa shape index (κ1) is 24.8. The smallest absolute Gasteiger partial charge is 0.338 e. The van der Waals surface area contributed by atoms with Crippen molar-refractivity contribution in [3.63, 3.8) is 0 Å². The first-order valence-electron chi connectivity index (χ1n) is 12.3. The first-order valence-corrected chi connectivity index (χ1v) is 13.4. The summed E-state index contributed by atoms with van der Waals surface area (Å²) in [4.78, 5) is 45.0. The molecular formula is C29H27N3O4S. The molecule has 1 fully saturated rings. The van der Waals surface area contributed by atoms with Gasteiger partial charge < -0.3 is 15.0 Å². The highest BCUT2D eigenvalue weighted by Crippen LogP contribution is 2.37. The minimum Gasteiger partial charge on any atom is -0.462 e. The fourth-order valence-corrected chi connectivity index (χ4v) is 5.45. The summed E-state index contributed by atoms with van der Waals surface area (Å²) >= 11 is 1.86. The van der Waals surface area contributed by atoms with Crippen LogP contribution in [0, 0.1) is 0 Å². The van der Waals surface area contributed by atoms with E-state index in [2.05, 4.69) is 5.32 Å². The van der Waals surface area contributed by atoms with Gasteiger partial charge in [-0.1, -0.05) is 36.4 Å². The quantitative estimate of drug-likeness (QED) is 0.374. The Bertz CT molecular complexity index is 1350. The zero-order valence-electron chi connectivity index (χ0n) is 20.5. The molecular weight excluding hydrogens is 486 g/mol. The number of rotatable bonds is 6. The minimum absolute atomic E-state index is 0.0283. The molecule has 0 saturated carbocycles. The zero-order chi connectivity index (χ0) is 25.8. The monoisotopic (exact) mass is 513 g/mol. The predicted molar refractivity (Wildman–Crippen MR) is 146 cm³/mol. The Balaban J connectivity index is 1.48. The molecule has 1 unspecified atom stereocenters. The van der Waals surface area contributed by atoms with E-state index in [-0.39, 0.29) is 18.4 Å². The summed E-state index contributed by atoms with van der Waals surface area (Å²) in [5, 5.41) is 2.90. The van der Waals surface area contributed by atoms with Gasteiger partial charge in [0, 0.05) is 35.8 Å². The molecule has 0 bridgehead atoms. The number of hydrogen-bond acceptors (Lipinski definition) is 6. The van der Waals surface area contributed by atoms with E-state index in [4.69, 9.17) is 9.73 Å². The SMILES string of the molecule is CCOC(=O)c1ccc2c(c1)NC(=O)C2C(=Nc1ccc(C(=O)N2CCSCC2)cc1)c1ccccc1. The van der Waals surface area contributed by atoms with Crippen LogP contribution < -0.4 is 5.32 Å². The summed E-state index contributed by atoms with van der Waals surface area (Å²) in [7, 11) is 0. The van der Waals surface area contributed by atoms with Crippen LogP contribution in [0.4, 0.5) is 11.4 Å². The Morgan fingerprint density at radius 2 is 1.68 bits per heavy atom. The molecule has 0 aliphatic carbocycles. The second-order valence-electron chi connectivity index (χ2n) is 8.76. The number of amides is 2. The van der Waals surface area contributed by atoms with Gasteiger partial charge in [-0.15, -0.1) is 0 Å². The van der Waals surface area contributed by atoms with E-state index >= 15 is 0 Å². The van der Waals surface area contributed by atoms with Crippen LogP contribution in [0.2, 0.25) is 0 Å². The van der Waals surface area contributed by atoms with Crippen LogP contribution in [0.5, 0.6) is 0 Å². The molecule has 2 aliphatic heterocycles. The van der Waals surface area contributed by atoms with Crippen LogP contribution >= 0.6 is 11.8 Å². The molecule has 1 N–H and O–H groups in total. The highest BCUT2D eigenvalue weighted by molar-refractivity contribution is 7.99. The number of anilines is 1. The molecule has 0 spiro atoms. The van der Waals surface area contributed by atoms with Gasteiger partial charge in [-0.3, -0.25) is 14.6 Å². The van der Waals surface area contributed by atoms with E-state index in [1.54, 1.807) is 37.3 Å². The van der Waals surface area contributed by atoms with Gasteiger partial charge in [0.15, 0.2) is 0 Å². The number of esters is 1. The highest BCUT2D eigenvalue weighted by Gasteiger charge is 2.36. The van der Waals surface area contributed by atoms with Crippen molar-refractivity contribution in [1.82, 2.24) is 4.90 Å². The van der Waals surface area contributed by atoms with Gasteiger partial charge in [-0.2, -0.15) is 11.8 Å². The van der Waals surface area contributed by atoms with Gasteiger partial charge in [0.05, 0.1) is 23.6 Å². The Morgan fingerprint density at radius 1 is 0.973 bits per heavy atom. The average molecular weight is 514 g/mol. The molecule has 2 amide bonds. The molecule has 37 heavy (non-hydrogen) atoms. The maximum atomic E-state index is 13.2. The topological polar surface area (TPSA) is 88.1 Å². The van der Waals surface area contributed by atoms with Crippen LogP contribution in [-0.2, 0) is 9.53 Å². The van der Waals surface area contributed by atoms with Crippen LogP contribution in [0.15, 0.2) is 77.8 Å². The highest BCUT2D eigenvalue weighted by atomic mass is 32.2. The number of fused-ring (bicyclic) bond motifs is 1. The van der Waals surface area contributed by atoms with Crippen molar-refractivity contribution in [2.45, 2.75) is 12.8 Å². The molecule has 2 aliphatic rings. The fourth-order valence-electron chi connectivity index (χ4n) is 4.55. The van der Waals surface area contributed by atoms with Crippen LogP contribution in [0.3, 0.4) is 0 Å². The van der Waals surface area contributed by atoms with Gasteiger partial charge in [0.25, 0.3) is 5.91 Å². The third kappa shape index (κ3) is 5.29. The molecule has 2 heterocycles. The molecule has 3 aromatic carbocycles. The number of thioether (sulfide) groups is 1. The number of carbonyl (C=O) groups excluding carboxylic acids is 3. The van der Waals surface area contributed by atoms with E-state index in [1.807, 2.05) is 59.1 Å². The average Bonchev–Trinajstić information content (AvgIpc) is 3.27. The van der Waals surface area contributed by atoms with Crippen LogP contribution in [-0.4, -0.2) is 59.6 Å². The molecule has 1 saturated heterocycles. The fraction of sp³-hybridized carbons (Fsp3) is 0.241. The molecule has 188 valence electrons. The van der Waals surface area contributed by atoms with Crippen molar-refractivity contribution < 1.29 is 19.1 Å². The Labute approximate surface area is 219 Å². The van der Waals surface area contributed by atoms with Crippen molar-refractivity contribution in [3.05, 3.63) is 95.1 Å². The predicted octanol–water partition coefficient (Wildman–Crippen LogP) is 4.91. The number of aliphatic imine (C=N–C) groups is 1. The van der Waals surface area contributed by atoms with Crippen LogP contribution in [0.25, 0.3) is 0 Å². The molecule has 5 rings (SSSR count). The Hall–Kier alpha value is -3.91. The van der Waals surface area contributed by atoms with Crippen LogP contribution in [0.1, 0.15) is 44.7 Å².